The minimum Gasteiger partial charge on any atom is -0.554 e. The highest BCUT2D eigenvalue weighted by atomic mass is 16.3. The van der Waals surface area contributed by atoms with Gasteiger partial charge in [-0.2, -0.15) is 0 Å². The number of hydrogen-bond donors (Lipinski definition) is 0. The van der Waals surface area contributed by atoms with Crippen molar-refractivity contribution in [2.24, 2.45) is 10.9 Å². The van der Waals surface area contributed by atoms with E-state index >= 15 is 0 Å². The Kier molecular flexibility index (Phi) is 9.14. The predicted molar refractivity (Wildman–Crippen MR) is 81.9 cm³/mol. The molecular weight excluding hydrogens is 252 g/mol. The summed E-state index contributed by atoms with van der Waals surface area (Å²) in [4.78, 5) is 12.9. The van der Waals surface area contributed by atoms with Gasteiger partial charge in [0, 0.05) is 19.3 Å². The van der Waals surface area contributed by atoms with Crippen molar-refractivity contribution in [1.29, 1.82) is 0 Å². The van der Waals surface area contributed by atoms with Gasteiger partial charge in [-0.15, -0.1) is 0 Å². The molecule has 1 aliphatic heterocycles. The highest BCUT2D eigenvalue weighted by Crippen LogP contribution is 2.33. The Morgan fingerprint density at radius 1 is 1.35 bits per heavy atom. The standard InChI is InChI=1S/C15H29N2.CH2O2/c1-6-9-11-17(8-3)14(5)16-12-15(17)13(4)10-7-2;2-1-3/h12-13H,6-11H2,1-5H3;1H,(H,2,3)/q+1;/p-1. The first-order valence-corrected chi connectivity index (χ1v) is 7.72. The van der Waals surface area contributed by atoms with Crippen molar-refractivity contribution in [3.63, 3.8) is 0 Å². The van der Waals surface area contributed by atoms with E-state index in [2.05, 4.69) is 45.8 Å². The molecule has 0 fully saturated rings. The van der Waals surface area contributed by atoms with Crippen molar-refractivity contribution in [3.05, 3.63) is 11.9 Å². The van der Waals surface area contributed by atoms with E-state index in [1.54, 1.807) is 5.70 Å². The van der Waals surface area contributed by atoms with Gasteiger partial charge in [0.25, 0.3) is 0 Å². The Labute approximate surface area is 123 Å². The molecule has 20 heavy (non-hydrogen) atoms. The molecule has 0 saturated carbocycles. The van der Waals surface area contributed by atoms with Gasteiger partial charge in [0.2, 0.25) is 5.84 Å². The van der Waals surface area contributed by atoms with Crippen LogP contribution in [0.25, 0.3) is 0 Å². The molecule has 1 aliphatic rings. The third-order valence-electron chi connectivity index (χ3n) is 4.16. The summed E-state index contributed by atoms with van der Waals surface area (Å²) in [6.45, 7) is 13.3. The van der Waals surface area contributed by atoms with Crippen LogP contribution in [0.5, 0.6) is 0 Å². The molecule has 0 spiro atoms. The Morgan fingerprint density at radius 3 is 2.40 bits per heavy atom. The minimum absolute atomic E-state index is 0.500. The lowest BCUT2D eigenvalue weighted by Crippen LogP contribution is -2.50. The molecule has 0 aromatic rings. The molecule has 1 heterocycles. The fourth-order valence-corrected chi connectivity index (χ4v) is 2.99. The van der Waals surface area contributed by atoms with Crippen molar-refractivity contribution in [1.82, 2.24) is 0 Å². The fraction of sp³-hybridized carbons (Fsp3) is 0.750. The monoisotopic (exact) mass is 282 g/mol. The van der Waals surface area contributed by atoms with Crippen molar-refractivity contribution >= 4 is 12.3 Å². The fourth-order valence-electron chi connectivity index (χ4n) is 2.99. The van der Waals surface area contributed by atoms with Crippen LogP contribution < -0.4 is 5.11 Å². The first kappa shape index (κ1) is 18.8. The maximum Gasteiger partial charge on any atom is 0.204 e. The third kappa shape index (κ3) is 4.44. The molecule has 0 aromatic heterocycles. The average molecular weight is 282 g/mol. The largest absolute Gasteiger partial charge is 0.554 e. The number of carbonyl (C=O) groups is 1. The van der Waals surface area contributed by atoms with Gasteiger partial charge in [0.05, 0.1) is 19.3 Å². The van der Waals surface area contributed by atoms with Crippen molar-refractivity contribution in [3.8, 4) is 0 Å². The minimum atomic E-state index is -0.500. The first-order valence-electron chi connectivity index (χ1n) is 7.72. The van der Waals surface area contributed by atoms with Crippen LogP contribution in [-0.4, -0.2) is 29.9 Å². The zero-order chi connectivity index (χ0) is 15.6. The highest BCUT2D eigenvalue weighted by Gasteiger charge is 2.40. The molecule has 0 amide bonds. The third-order valence-corrected chi connectivity index (χ3v) is 4.16. The predicted octanol–water partition coefficient (Wildman–Crippen LogP) is 2.70. The maximum atomic E-state index is 8.25. The lowest BCUT2D eigenvalue weighted by molar-refractivity contribution is -0.803. The second kappa shape index (κ2) is 9.70. The summed E-state index contributed by atoms with van der Waals surface area (Å²) in [6, 6.07) is 0. The molecule has 2 unspecified atom stereocenters. The van der Waals surface area contributed by atoms with Crippen LogP contribution >= 0.6 is 0 Å². The number of nitrogens with zero attached hydrogens (tertiary/aromatic N) is 2. The summed E-state index contributed by atoms with van der Waals surface area (Å²) in [6.07, 6.45) is 7.24. The van der Waals surface area contributed by atoms with Crippen LogP contribution in [-0.2, 0) is 4.79 Å². The Morgan fingerprint density at radius 2 is 1.95 bits per heavy atom. The Bertz CT molecular complexity index is 350. The summed E-state index contributed by atoms with van der Waals surface area (Å²) in [5.74, 6) is 1.96. The summed E-state index contributed by atoms with van der Waals surface area (Å²) in [5.41, 5.74) is 1.54. The van der Waals surface area contributed by atoms with E-state index in [4.69, 9.17) is 9.90 Å². The average Bonchev–Trinajstić information content (AvgIpc) is 2.75. The maximum absolute atomic E-state index is 8.25. The van der Waals surface area contributed by atoms with Gasteiger partial charge in [-0.25, -0.2) is 9.48 Å². The van der Waals surface area contributed by atoms with Crippen molar-refractivity contribution < 1.29 is 14.4 Å². The molecule has 0 radical (unpaired) electrons. The number of aliphatic imine (C=N–C) groups is 1. The summed E-state index contributed by atoms with van der Waals surface area (Å²) in [5, 5.41) is 8.25. The number of rotatable bonds is 7. The summed E-state index contributed by atoms with van der Waals surface area (Å²) in [7, 11) is 0. The molecule has 4 heteroatoms. The van der Waals surface area contributed by atoms with E-state index in [-0.39, 0.29) is 0 Å². The highest BCUT2D eigenvalue weighted by molar-refractivity contribution is 5.76. The van der Waals surface area contributed by atoms with Crippen LogP contribution in [0.15, 0.2) is 16.9 Å². The molecule has 0 aromatic carbocycles. The lowest BCUT2D eigenvalue weighted by atomic mass is 9.99. The number of allylic oxidation sites excluding steroid dienone is 1. The van der Waals surface area contributed by atoms with E-state index in [0.29, 0.717) is 5.92 Å². The molecular formula is C16H30N2O2. The van der Waals surface area contributed by atoms with Gasteiger partial charge in [0.1, 0.15) is 5.70 Å². The van der Waals surface area contributed by atoms with E-state index < -0.39 is 6.47 Å². The van der Waals surface area contributed by atoms with Crippen molar-refractivity contribution in [2.45, 2.75) is 60.3 Å². The smallest absolute Gasteiger partial charge is 0.204 e. The van der Waals surface area contributed by atoms with Gasteiger partial charge in [-0.1, -0.05) is 33.6 Å². The molecule has 2 atom stereocenters. The number of unbranched alkanes of at least 4 members (excludes halogenated alkanes) is 1. The SMILES string of the molecule is CCCC[N+]1(CC)C(C(C)CCC)=CN=C1C.O=C[O-]. The summed E-state index contributed by atoms with van der Waals surface area (Å²) < 4.78 is 1.04. The normalized spacial score (nSPS) is 22.4. The van der Waals surface area contributed by atoms with Crippen LogP contribution in [0.1, 0.15) is 60.3 Å². The number of amidine groups is 1. The van der Waals surface area contributed by atoms with Gasteiger partial charge >= 0.3 is 0 Å². The Hall–Kier alpha value is -1.16. The number of carboxylic acid groups (broad SMARTS) is 1. The van der Waals surface area contributed by atoms with Crippen LogP contribution in [0, 0.1) is 5.92 Å². The second-order valence-corrected chi connectivity index (χ2v) is 5.38. The van der Waals surface area contributed by atoms with E-state index in [9.17, 15) is 0 Å². The molecule has 4 nitrogen and oxygen atoms in total. The van der Waals surface area contributed by atoms with Gasteiger partial charge in [-0.3, -0.25) is 0 Å². The number of quaternary nitrogens is 1. The number of hydrogen-bond acceptors (Lipinski definition) is 3. The molecule has 0 N–H and O–H groups in total. The second-order valence-electron chi connectivity index (χ2n) is 5.38. The molecule has 1 rings (SSSR count). The zero-order valence-electron chi connectivity index (χ0n) is 13.7. The molecule has 116 valence electrons. The topological polar surface area (TPSA) is 52.5 Å². The van der Waals surface area contributed by atoms with Crippen molar-refractivity contribution in [2.75, 3.05) is 13.1 Å². The first-order chi connectivity index (χ1) is 9.53. The molecule has 0 aliphatic carbocycles. The van der Waals surface area contributed by atoms with E-state index in [1.807, 2.05) is 0 Å². The van der Waals surface area contributed by atoms with E-state index in [1.165, 1.54) is 38.1 Å². The van der Waals surface area contributed by atoms with Gasteiger partial charge in [-0.05, 0) is 19.8 Å². The Balaban J connectivity index is 0.00000110. The lowest BCUT2D eigenvalue weighted by Gasteiger charge is -2.37. The van der Waals surface area contributed by atoms with Gasteiger partial charge < -0.3 is 9.90 Å². The zero-order valence-corrected chi connectivity index (χ0v) is 13.7. The van der Waals surface area contributed by atoms with Gasteiger partial charge in [0.15, 0.2) is 0 Å². The van der Waals surface area contributed by atoms with Crippen LogP contribution in [0.4, 0.5) is 0 Å². The summed E-state index contributed by atoms with van der Waals surface area (Å²) >= 11 is 0. The van der Waals surface area contributed by atoms with Crippen LogP contribution in [0.2, 0.25) is 0 Å². The van der Waals surface area contributed by atoms with Crippen LogP contribution in [0.3, 0.4) is 0 Å². The van der Waals surface area contributed by atoms with E-state index in [0.717, 1.165) is 11.0 Å². The quantitative estimate of drug-likeness (QED) is 0.532. The number of carbonyl (C=O) groups excluding carboxylic acids is 1. The molecule has 0 bridgehead atoms. The molecule has 0 saturated heterocycles.